The van der Waals surface area contributed by atoms with E-state index in [4.69, 9.17) is 0 Å². The average Bonchev–Trinajstić information content (AvgIpc) is 2.56. The number of carbonyl (C=O) groups is 1. The van der Waals surface area contributed by atoms with Gasteiger partial charge in [-0.25, -0.2) is 0 Å². The molecule has 1 saturated heterocycles. The molecule has 0 aliphatic carbocycles. The van der Waals surface area contributed by atoms with Crippen molar-refractivity contribution in [3.63, 3.8) is 0 Å². The number of phenols is 1. The molecule has 128 valence electrons. The monoisotopic (exact) mass is 322 g/mol. The van der Waals surface area contributed by atoms with E-state index in [2.05, 4.69) is 10.2 Å². The van der Waals surface area contributed by atoms with Gasteiger partial charge in [-0.15, -0.1) is 0 Å². The molecule has 1 unspecified atom stereocenters. The Kier molecular flexibility index (Phi) is 6.38. The lowest BCUT2D eigenvalue weighted by Gasteiger charge is -2.36. The summed E-state index contributed by atoms with van der Waals surface area (Å²) in [6.45, 7) is 3.87. The second-order valence-corrected chi connectivity index (χ2v) is 6.25. The summed E-state index contributed by atoms with van der Waals surface area (Å²) in [7, 11) is 0. The summed E-state index contributed by atoms with van der Waals surface area (Å²) >= 11 is 0. The summed E-state index contributed by atoms with van der Waals surface area (Å²) in [6, 6.07) is 4.73. The zero-order chi connectivity index (χ0) is 16.8. The molecule has 1 aliphatic heterocycles. The summed E-state index contributed by atoms with van der Waals surface area (Å²) in [5.41, 5.74) is 1.21. The molecule has 23 heavy (non-hydrogen) atoms. The summed E-state index contributed by atoms with van der Waals surface area (Å²) in [5.74, 6) is -0.0107. The highest BCUT2D eigenvalue weighted by atomic mass is 16.3. The number of carbonyl (C=O) groups excluding carboxylic acids is 1. The van der Waals surface area contributed by atoms with E-state index in [-0.39, 0.29) is 36.8 Å². The molecular weight excluding hydrogens is 296 g/mol. The van der Waals surface area contributed by atoms with Crippen LogP contribution in [0, 0.1) is 12.8 Å². The van der Waals surface area contributed by atoms with Crippen molar-refractivity contribution < 1.29 is 20.1 Å². The lowest BCUT2D eigenvalue weighted by molar-refractivity contribution is 0.0437. The molecule has 1 aromatic carbocycles. The molecule has 1 amide bonds. The van der Waals surface area contributed by atoms with Crippen LogP contribution in [0.3, 0.4) is 0 Å². The van der Waals surface area contributed by atoms with E-state index in [0.29, 0.717) is 12.1 Å². The molecule has 0 radical (unpaired) electrons. The molecule has 1 fully saturated rings. The topological polar surface area (TPSA) is 93.0 Å². The Hall–Kier alpha value is -1.63. The third kappa shape index (κ3) is 4.67. The van der Waals surface area contributed by atoms with Crippen LogP contribution in [0.25, 0.3) is 0 Å². The van der Waals surface area contributed by atoms with Gasteiger partial charge in [-0.1, -0.05) is 11.6 Å². The third-order valence-corrected chi connectivity index (χ3v) is 4.44. The number of rotatable bonds is 6. The van der Waals surface area contributed by atoms with E-state index in [0.717, 1.165) is 31.5 Å². The Morgan fingerprint density at radius 3 is 2.83 bits per heavy atom. The number of aromatic hydroxyl groups is 1. The van der Waals surface area contributed by atoms with Gasteiger partial charge in [0.05, 0.1) is 24.8 Å². The molecule has 0 spiro atoms. The van der Waals surface area contributed by atoms with Gasteiger partial charge in [0, 0.05) is 13.1 Å². The third-order valence-electron chi connectivity index (χ3n) is 4.44. The van der Waals surface area contributed by atoms with Crippen LogP contribution in [0.2, 0.25) is 0 Å². The Balaban J connectivity index is 1.90. The Labute approximate surface area is 136 Å². The molecule has 0 aromatic heterocycles. The summed E-state index contributed by atoms with van der Waals surface area (Å²) in [5, 5.41) is 31.3. The van der Waals surface area contributed by atoms with E-state index in [1.165, 1.54) is 6.07 Å². The van der Waals surface area contributed by atoms with Gasteiger partial charge < -0.3 is 20.6 Å². The van der Waals surface area contributed by atoms with E-state index in [9.17, 15) is 20.1 Å². The highest BCUT2D eigenvalue weighted by molar-refractivity contribution is 5.96. The smallest absolute Gasteiger partial charge is 0.255 e. The molecule has 2 rings (SSSR count). The van der Waals surface area contributed by atoms with E-state index in [1.807, 2.05) is 6.92 Å². The number of likely N-dealkylation sites (tertiary alicyclic amines) is 1. The maximum atomic E-state index is 12.2. The lowest BCUT2D eigenvalue weighted by Crippen LogP contribution is -2.48. The van der Waals surface area contributed by atoms with Gasteiger partial charge in [-0.05, 0) is 44.4 Å². The van der Waals surface area contributed by atoms with Crippen LogP contribution in [0.5, 0.6) is 5.75 Å². The molecule has 1 heterocycles. The first-order valence-corrected chi connectivity index (χ1v) is 8.08. The average molecular weight is 322 g/mol. The summed E-state index contributed by atoms with van der Waals surface area (Å²) in [4.78, 5) is 14.3. The second-order valence-electron chi connectivity index (χ2n) is 6.25. The number of nitrogens with zero attached hydrogens (tertiary/aromatic N) is 1. The summed E-state index contributed by atoms with van der Waals surface area (Å²) < 4.78 is 0. The molecule has 6 heteroatoms. The molecule has 4 N–H and O–H groups in total. The van der Waals surface area contributed by atoms with Crippen molar-refractivity contribution in [1.82, 2.24) is 10.2 Å². The van der Waals surface area contributed by atoms with Gasteiger partial charge >= 0.3 is 0 Å². The normalized spacial score (nSPS) is 19.0. The Bertz CT molecular complexity index is 531. The van der Waals surface area contributed by atoms with Gasteiger partial charge in [0.1, 0.15) is 5.75 Å². The quantitative estimate of drug-likeness (QED) is 0.612. The van der Waals surface area contributed by atoms with Crippen LogP contribution in [0.15, 0.2) is 18.2 Å². The minimum absolute atomic E-state index is 0.0148. The number of benzene rings is 1. The van der Waals surface area contributed by atoms with Crippen molar-refractivity contribution in [2.24, 2.45) is 5.92 Å². The molecule has 1 atom stereocenters. The first-order chi connectivity index (χ1) is 11.0. The van der Waals surface area contributed by atoms with Crippen molar-refractivity contribution in [2.75, 3.05) is 32.8 Å². The maximum absolute atomic E-state index is 12.2. The number of piperidine rings is 1. The predicted molar refractivity (Wildman–Crippen MR) is 87.4 cm³/mol. The number of aliphatic hydroxyl groups excluding tert-OH is 2. The van der Waals surface area contributed by atoms with E-state index in [1.54, 1.807) is 12.1 Å². The van der Waals surface area contributed by atoms with Crippen LogP contribution in [0.4, 0.5) is 0 Å². The first-order valence-electron chi connectivity index (χ1n) is 8.08. The van der Waals surface area contributed by atoms with Gasteiger partial charge in [-0.3, -0.25) is 9.69 Å². The van der Waals surface area contributed by atoms with Gasteiger partial charge in [0.2, 0.25) is 0 Å². The number of aliphatic hydroxyl groups is 2. The van der Waals surface area contributed by atoms with Gasteiger partial charge in [0.25, 0.3) is 5.91 Å². The molecule has 1 aliphatic rings. The zero-order valence-corrected chi connectivity index (χ0v) is 13.5. The van der Waals surface area contributed by atoms with Crippen LogP contribution in [0.1, 0.15) is 28.8 Å². The van der Waals surface area contributed by atoms with E-state index < -0.39 is 0 Å². The molecule has 1 aromatic rings. The van der Waals surface area contributed by atoms with Gasteiger partial charge in [0.15, 0.2) is 0 Å². The van der Waals surface area contributed by atoms with Crippen LogP contribution in [-0.2, 0) is 0 Å². The number of hydrogen-bond acceptors (Lipinski definition) is 5. The number of aryl methyl sites for hydroxylation is 1. The predicted octanol–water partition coefficient (Wildman–Crippen LogP) is 0.496. The van der Waals surface area contributed by atoms with Crippen molar-refractivity contribution in [1.29, 1.82) is 0 Å². The van der Waals surface area contributed by atoms with Crippen LogP contribution >= 0.6 is 0 Å². The maximum Gasteiger partial charge on any atom is 0.255 e. The van der Waals surface area contributed by atoms with Crippen molar-refractivity contribution >= 4 is 5.91 Å². The lowest BCUT2D eigenvalue weighted by atomic mass is 9.96. The number of phenolic OH excluding ortho intramolecular Hbond substituents is 1. The van der Waals surface area contributed by atoms with Crippen molar-refractivity contribution in [2.45, 2.75) is 25.8 Å². The molecule has 0 bridgehead atoms. The molecular formula is C17H26N2O4. The summed E-state index contributed by atoms with van der Waals surface area (Å²) in [6.07, 6.45) is 1.98. The number of hydrogen-bond donors (Lipinski definition) is 4. The number of nitrogens with one attached hydrogen (secondary N) is 1. The fraction of sp³-hybridized carbons (Fsp3) is 0.588. The minimum Gasteiger partial charge on any atom is -0.507 e. The number of amides is 1. The highest BCUT2D eigenvalue weighted by Crippen LogP contribution is 2.20. The fourth-order valence-electron chi connectivity index (χ4n) is 3.05. The van der Waals surface area contributed by atoms with Crippen molar-refractivity contribution in [3.05, 3.63) is 29.3 Å². The first kappa shape index (κ1) is 17.7. The standard InChI is InChI=1S/C17H26N2O4/c1-12-4-5-16(22)15(7-12)17(23)18-8-13-3-2-6-19(9-13)14(10-20)11-21/h4-5,7,13-14,20-22H,2-3,6,8-11H2,1H3,(H,18,23). The van der Waals surface area contributed by atoms with Crippen LogP contribution < -0.4 is 5.32 Å². The minimum atomic E-state index is -0.274. The van der Waals surface area contributed by atoms with Crippen molar-refractivity contribution in [3.8, 4) is 5.75 Å². The Morgan fingerprint density at radius 1 is 1.39 bits per heavy atom. The Morgan fingerprint density at radius 2 is 2.13 bits per heavy atom. The molecule has 6 nitrogen and oxygen atoms in total. The van der Waals surface area contributed by atoms with Crippen LogP contribution in [-0.4, -0.2) is 65.0 Å². The fourth-order valence-corrected chi connectivity index (χ4v) is 3.05. The zero-order valence-electron chi connectivity index (χ0n) is 13.5. The second kappa shape index (κ2) is 8.29. The van der Waals surface area contributed by atoms with Gasteiger partial charge in [-0.2, -0.15) is 0 Å². The van der Waals surface area contributed by atoms with E-state index >= 15 is 0 Å². The SMILES string of the molecule is Cc1ccc(O)c(C(=O)NCC2CCCN(C(CO)CO)C2)c1. The highest BCUT2D eigenvalue weighted by Gasteiger charge is 2.25. The molecule has 0 saturated carbocycles. The largest absolute Gasteiger partial charge is 0.507 e.